The van der Waals surface area contributed by atoms with Crippen molar-refractivity contribution < 1.29 is 13.9 Å². The van der Waals surface area contributed by atoms with Crippen LogP contribution < -0.4 is 11.1 Å². The van der Waals surface area contributed by atoms with Crippen LogP contribution in [0.2, 0.25) is 0 Å². The van der Waals surface area contributed by atoms with Crippen molar-refractivity contribution >= 4 is 5.91 Å². The normalized spacial score (nSPS) is 12.2. The first-order valence-corrected chi connectivity index (χ1v) is 5.34. The fourth-order valence-electron chi connectivity index (χ4n) is 1.35. The van der Waals surface area contributed by atoms with Crippen LogP contribution >= 0.6 is 0 Å². The van der Waals surface area contributed by atoms with E-state index in [1.165, 1.54) is 13.2 Å². The Hall–Kier alpha value is -1.46. The number of carbonyl (C=O) groups is 1. The van der Waals surface area contributed by atoms with Gasteiger partial charge in [0.05, 0.1) is 12.6 Å². The SMILES string of the molecule is COCc1cc(CNC(=O)[C@@H](C)N)ccc1F. The summed E-state index contributed by atoms with van der Waals surface area (Å²) in [7, 11) is 1.50. The predicted octanol–water partition coefficient (Wildman–Crippen LogP) is 0.936. The van der Waals surface area contributed by atoms with Crippen LogP contribution in [0.3, 0.4) is 0 Å². The van der Waals surface area contributed by atoms with Gasteiger partial charge < -0.3 is 15.8 Å². The highest BCUT2D eigenvalue weighted by Gasteiger charge is 2.07. The molecule has 3 N–H and O–H groups in total. The van der Waals surface area contributed by atoms with Gasteiger partial charge in [0.2, 0.25) is 5.91 Å². The molecule has 4 nitrogen and oxygen atoms in total. The Morgan fingerprint density at radius 1 is 1.59 bits per heavy atom. The third kappa shape index (κ3) is 4.13. The third-order valence-electron chi connectivity index (χ3n) is 2.29. The number of ether oxygens (including phenoxy) is 1. The van der Waals surface area contributed by atoms with Gasteiger partial charge in [0.25, 0.3) is 0 Å². The highest BCUT2D eigenvalue weighted by molar-refractivity contribution is 5.80. The van der Waals surface area contributed by atoms with Crippen molar-refractivity contribution in [1.82, 2.24) is 5.32 Å². The number of nitrogens with two attached hydrogens (primary N) is 1. The van der Waals surface area contributed by atoms with Gasteiger partial charge in [-0.1, -0.05) is 6.07 Å². The molecule has 0 aromatic heterocycles. The molecule has 0 saturated heterocycles. The quantitative estimate of drug-likeness (QED) is 0.805. The molecule has 1 rings (SSSR count). The number of carbonyl (C=O) groups excluding carboxylic acids is 1. The van der Waals surface area contributed by atoms with Crippen molar-refractivity contribution in [2.45, 2.75) is 26.1 Å². The number of halogens is 1. The van der Waals surface area contributed by atoms with E-state index in [9.17, 15) is 9.18 Å². The minimum Gasteiger partial charge on any atom is -0.380 e. The highest BCUT2D eigenvalue weighted by Crippen LogP contribution is 2.11. The molecule has 1 aromatic carbocycles. The fraction of sp³-hybridized carbons (Fsp3) is 0.417. The van der Waals surface area contributed by atoms with Crippen molar-refractivity contribution in [2.75, 3.05) is 7.11 Å². The number of hydrogen-bond donors (Lipinski definition) is 2. The van der Waals surface area contributed by atoms with Gasteiger partial charge in [0, 0.05) is 19.2 Å². The summed E-state index contributed by atoms with van der Waals surface area (Å²) in [4.78, 5) is 11.3. The monoisotopic (exact) mass is 240 g/mol. The molecule has 0 aliphatic carbocycles. The molecule has 1 atom stereocenters. The topological polar surface area (TPSA) is 64.3 Å². The average Bonchev–Trinajstić information content (AvgIpc) is 2.29. The molecule has 1 aromatic rings. The van der Waals surface area contributed by atoms with E-state index in [4.69, 9.17) is 10.5 Å². The molecular weight excluding hydrogens is 223 g/mol. The van der Waals surface area contributed by atoms with Crippen LogP contribution in [0.1, 0.15) is 18.1 Å². The average molecular weight is 240 g/mol. The lowest BCUT2D eigenvalue weighted by atomic mass is 10.1. The number of hydrogen-bond acceptors (Lipinski definition) is 3. The number of rotatable bonds is 5. The molecule has 0 aliphatic heterocycles. The Bertz CT molecular complexity index is 394. The Kier molecular flexibility index (Phi) is 5.06. The third-order valence-corrected chi connectivity index (χ3v) is 2.29. The van der Waals surface area contributed by atoms with Crippen LogP contribution in [0.15, 0.2) is 18.2 Å². The largest absolute Gasteiger partial charge is 0.380 e. The maximum Gasteiger partial charge on any atom is 0.236 e. The molecule has 0 bridgehead atoms. The van der Waals surface area contributed by atoms with Crippen LogP contribution in [0.4, 0.5) is 4.39 Å². The van der Waals surface area contributed by atoms with E-state index < -0.39 is 6.04 Å². The molecule has 5 heteroatoms. The zero-order valence-corrected chi connectivity index (χ0v) is 10.00. The van der Waals surface area contributed by atoms with Crippen molar-refractivity contribution in [1.29, 1.82) is 0 Å². The molecule has 0 heterocycles. The second-order valence-corrected chi connectivity index (χ2v) is 3.87. The van der Waals surface area contributed by atoms with Gasteiger partial charge in [-0.05, 0) is 24.6 Å². The van der Waals surface area contributed by atoms with Crippen LogP contribution in [0.25, 0.3) is 0 Å². The molecule has 94 valence electrons. The standard InChI is InChI=1S/C12H17FN2O2/c1-8(14)12(16)15-6-9-3-4-11(13)10(5-9)7-17-2/h3-5,8H,6-7,14H2,1-2H3,(H,15,16)/t8-/m1/s1. The van der Waals surface area contributed by atoms with Crippen molar-refractivity contribution in [3.8, 4) is 0 Å². The summed E-state index contributed by atoms with van der Waals surface area (Å²) in [6.07, 6.45) is 0. The number of amides is 1. The predicted molar refractivity (Wildman–Crippen MR) is 62.6 cm³/mol. The summed E-state index contributed by atoms with van der Waals surface area (Å²) in [6.45, 7) is 2.15. The Balaban J connectivity index is 2.66. The summed E-state index contributed by atoms with van der Waals surface area (Å²) in [5, 5.41) is 2.66. The second-order valence-electron chi connectivity index (χ2n) is 3.87. The highest BCUT2D eigenvalue weighted by atomic mass is 19.1. The molecule has 0 radical (unpaired) electrons. The Morgan fingerprint density at radius 3 is 2.88 bits per heavy atom. The van der Waals surface area contributed by atoms with E-state index in [1.54, 1.807) is 19.1 Å². The first-order chi connectivity index (χ1) is 8.04. The molecular formula is C12H17FN2O2. The van der Waals surface area contributed by atoms with Gasteiger partial charge in [0.1, 0.15) is 5.82 Å². The van der Waals surface area contributed by atoms with Gasteiger partial charge in [0.15, 0.2) is 0 Å². The lowest BCUT2D eigenvalue weighted by Gasteiger charge is -2.09. The maximum atomic E-state index is 13.3. The van der Waals surface area contributed by atoms with E-state index in [2.05, 4.69) is 5.32 Å². The van der Waals surface area contributed by atoms with Crippen molar-refractivity contribution in [3.63, 3.8) is 0 Å². The Morgan fingerprint density at radius 2 is 2.29 bits per heavy atom. The van der Waals surface area contributed by atoms with E-state index in [0.29, 0.717) is 12.1 Å². The molecule has 0 spiro atoms. The van der Waals surface area contributed by atoms with Crippen LogP contribution in [-0.4, -0.2) is 19.1 Å². The molecule has 0 unspecified atom stereocenters. The van der Waals surface area contributed by atoms with Gasteiger partial charge in [-0.2, -0.15) is 0 Å². The smallest absolute Gasteiger partial charge is 0.236 e. The summed E-state index contributed by atoms with van der Waals surface area (Å²) in [6, 6.07) is 4.10. The van der Waals surface area contributed by atoms with Gasteiger partial charge in [-0.25, -0.2) is 4.39 Å². The first kappa shape index (κ1) is 13.6. The van der Waals surface area contributed by atoms with E-state index in [1.807, 2.05) is 0 Å². The van der Waals surface area contributed by atoms with Crippen molar-refractivity contribution in [3.05, 3.63) is 35.1 Å². The minimum atomic E-state index is -0.547. The van der Waals surface area contributed by atoms with Crippen LogP contribution in [0.5, 0.6) is 0 Å². The summed E-state index contributed by atoms with van der Waals surface area (Å²) in [5.74, 6) is -0.545. The molecule has 0 aliphatic rings. The zero-order valence-electron chi connectivity index (χ0n) is 10.00. The Labute approximate surface area is 100.0 Å². The molecule has 17 heavy (non-hydrogen) atoms. The van der Waals surface area contributed by atoms with Gasteiger partial charge in [-0.3, -0.25) is 4.79 Å². The maximum absolute atomic E-state index is 13.3. The summed E-state index contributed by atoms with van der Waals surface area (Å²) >= 11 is 0. The van der Waals surface area contributed by atoms with Crippen molar-refractivity contribution in [2.24, 2.45) is 5.73 Å². The molecule has 0 fully saturated rings. The van der Waals surface area contributed by atoms with E-state index >= 15 is 0 Å². The number of benzene rings is 1. The van der Waals surface area contributed by atoms with Crippen LogP contribution in [0, 0.1) is 5.82 Å². The zero-order chi connectivity index (χ0) is 12.8. The van der Waals surface area contributed by atoms with Gasteiger partial charge >= 0.3 is 0 Å². The van der Waals surface area contributed by atoms with E-state index in [0.717, 1.165) is 5.56 Å². The lowest BCUT2D eigenvalue weighted by molar-refractivity contribution is -0.122. The summed E-state index contributed by atoms with van der Waals surface area (Å²) < 4.78 is 18.2. The van der Waals surface area contributed by atoms with Crippen LogP contribution in [-0.2, 0) is 22.7 Å². The lowest BCUT2D eigenvalue weighted by Crippen LogP contribution is -2.37. The molecule has 0 saturated carbocycles. The second kappa shape index (κ2) is 6.32. The van der Waals surface area contributed by atoms with E-state index in [-0.39, 0.29) is 18.3 Å². The fourth-order valence-corrected chi connectivity index (χ4v) is 1.35. The van der Waals surface area contributed by atoms with Gasteiger partial charge in [-0.15, -0.1) is 0 Å². The summed E-state index contributed by atoms with van der Waals surface area (Å²) in [5.41, 5.74) is 6.69. The first-order valence-electron chi connectivity index (χ1n) is 5.34. The number of nitrogens with one attached hydrogen (secondary N) is 1. The number of methoxy groups -OCH3 is 1. The minimum absolute atomic E-state index is 0.209. The molecule has 1 amide bonds.